The van der Waals surface area contributed by atoms with Gasteiger partial charge < -0.3 is 10.1 Å². The number of benzene rings is 1. The number of carbonyl (C=O) groups excluding carboxylic acids is 3. The van der Waals surface area contributed by atoms with Crippen molar-refractivity contribution in [3.05, 3.63) is 29.8 Å². The van der Waals surface area contributed by atoms with Gasteiger partial charge in [-0.2, -0.15) is 0 Å². The van der Waals surface area contributed by atoms with Gasteiger partial charge in [-0.1, -0.05) is 12.1 Å². The third-order valence-electron chi connectivity index (χ3n) is 4.10. The van der Waals surface area contributed by atoms with E-state index in [-0.39, 0.29) is 30.6 Å². The zero-order chi connectivity index (χ0) is 18.2. The van der Waals surface area contributed by atoms with E-state index in [0.29, 0.717) is 30.3 Å². The molecule has 136 valence electrons. The van der Waals surface area contributed by atoms with Gasteiger partial charge in [-0.25, -0.2) is 0 Å². The molecule has 1 saturated carbocycles. The fourth-order valence-corrected chi connectivity index (χ4v) is 2.67. The molecule has 6 nitrogen and oxygen atoms in total. The van der Waals surface area contributed by atoms with E-state index >= 15 is 0 Å². The number of hydrogen-bond donors (Lipinski definition) is 1. The number of ether oxygens (including phenoxy) is 1. The first-order valence-electron chi connectivity index (χ1n) is 8.77. The summed E-state index contributed by atoms with van der Waals surface area (Å²) in [5.41, 5.74) is 1.02. The number of rotatable bonds is 10. The molecule has 1 fully saturated rings. The molecule has 0 aliphatic heterocycles. The lowest BCUT2D eigenvalue weighted by Crippen LogP contribution is -2.36. The predicted molar refractivity (Wildman–Crippen MR) is 95.5 cm³/mol. The summed E-state index contributed by atoms with van der Waals surface area (Å²) < 4.78 is 4.95. The van der Waals surface area contributed by atoms with Crippen LogP contribution in [0.2, 0.25) is 0 Å². The SMILES string of the molecule is CCOC(=O)CCN(CC(=O)Nc1ccccc1C(C)=O)CC1CC1. The predicted octanol–water partition coefficient (Wildman–Crippen LogP) is 2.49. The number of hydrogen-bond acceptors (Lipinski definition) is 5. The molecule has 25 heavy (non-hydrogen) atoms. The number of ketones is 1. The summed E-state index contributed by atoms with van der Waals surface area (Å²) in [6.45, 7) is 5.12. The van der Waals surface area contributed by atoms with Gasteiger partial charge in [-0.05, 0) is 44.7 Å². The third-order valence-corrected chi connectivity index (χ3v) is 4.10. The van der Waals surface area contributed by atoms with Crippen LogP contribution in [0.3, 0.4) is 0 Å². The van der Waals surface area contributed by atoms with Crippen molar-refractivity contribution in [1.82, 2.24) is 4.90 Å². The summed E-state index contributed by atoms with van der Waals surface area (Å²) in [7, 11) is 0. The van der Waals surface area contributed by atoms with Crippen LogP contribution in [0.15, 0.2) is 24.3 Å². The number of nitrogens with one attached hydrogen (secondary N) is 1. The molecule has 0 atom stereocenters. The molecule has 0 spiro atoms. The summed E-state index contributed by atoms with van der Waals surface area (Å²) in [5.74, 6) is 0.0939. The summed E-state index contributed by atoms with van der Waals surface area (Å²) in [6, 6.07) is 6.97. The summed E-state index contributed by atoms with van der Waals surface area (Å²) in [4.78, 5) is 37.6. The number of nitrogens with zero attached hydrogens (tertiary/aromatic N) is 1. The second kappa shape index (κ2) is 9.32. The average Bonchev–Trinajstić information content (AvgIpc) is 3.37. The minimum absolute atomic E-state index is 0.0898. The van der Waals surface area contributed by atoms with Crippen LogP contribution in [0.5, 0.6) is 0 Å². The first kappa shape index (κ1) is 19.1. The van der Waals surface area contributed by atoms with Crippen LogP contribution < -0.4 is 5.32 Å². The fraction of sp³-hybridized carbons (Fsp3) is 0.526. The lowest BCUT2D eigenvalue weighted by molar-refractivity contribution is -0.143. The van der Waals surface area contributed by atoms with Gasteiger partial charge in [-0.3, -0.25) is 19.3 Å². The molecular formula is C19H26N2O4. The Kier molecular flexibility index (Phi) is 7.13. The molecule has 0 bridgehead atoms. The normalized spacial score (nSPS) is 13.6. The van der Waals surface area contributed by atoms with E-state index in [9.17, 15) is 14.4 Å². The number of esters is 1. The molecule has 1 amide bonds. The Balaban J connectivity index is 1.92. The highest BCUT2D eigenvalue weighted by molar-refractivity contribution is 6.04. The average molecular weight is 346 g/mol. The molecule has 1 aromatic carbocycles. The van der Waals surface area contributed by atoms with Gasteiger partial charge in [-0.15, -0.1) is 0 Å². The van der Waals surface area contributed by atoms with Gasteiger partial charge in [0.2, 0.25) is 5.91 Å². The van der Waals surface area contributed by atoms with E-state index in [1.54, 1.807) is 31.2 Å². The lowest BCUT2D eigenvalue weighted by atomic mass is 10.1. The van der Waals surface area contributed by atoms with Gasteiger partial charge >= 0.3 is 5.97 Å². The van der Waals surface area contributed by atoms with Crippen LogP contribution in [-0.4, -0.2) is 48.8 Å². The Labute approximate surface area is 148 Å². The highest BCUT2D eigenvalue weighted by atomic mass is 16.5. The monoisotopic (exact) mass is 346 g/mol. The molecule has 1 N–H and O–H groups in total. The van der Waals surface area contributed by atoms with E-state index in [0.717, 1.165) is 6.54 Å². The van der Waals surface area contributed by atoms with Crippen molar-refractivity contribution < 1.29 is 19.1 Å². The standard InChI is InChI=1S/C19H26N2O4/c1-3-25-19(24)10-11-21(12-15-8-9-15)13-18(23)20-17-7-5-4-6-16(17)14(2)22/h4-7,15H,3,8-13H2,1-2H3,(H,20,23). The molecule has 2 rings (SSSR count). The van der Waals surface area contributed by atoms with Gasteiger partial charge in [0.25, 0.3) is 0 Å². The summed E-state index contributed by atoms with van der Waals surface area (Å²) in [6.07, 6.45) is 2.62. The summed E-state index contributed by atoms with van der Waals surface area (Å²) in [5, 5.41) is 2.81. The zero-order valence-electron chi connectivity index (χ0n) is 14.9. The van der Waals surface area contributed by atoms with Gasteiger partial charge in [0.05, 0.1) is 25.3 Å². The molecule has 0 unspecified atom stereocenters. The first-order valence-corrected chi connectivity index (χ1v) is 8.77. The smallest absolute Gasteiger partial charge is 0.307 e. The summed E-state index contributed by atoms with van der Waals surface area (Å²) >= 11 is 0. The Bertz CT molecular complexity index is 626. The minimum atomic E-state index is -0.245. The molecule has 0 radical (unpaired) electrons. The molecule has 1 aromatic rings. The maximum atomic E-state index is 12.4. The molecule has 6 heteroatoms. The van der Waals surface area contributed by atoms with Crippen LogP contribution in [0, 0.1) is 5.92 Å². The number of amides is 1. The maximum Gasteiger partial charge on any atom is 0.307 e. The van der Waals surface area contributed by atoms with Gasteiger partial charge in [0.15, 0.2) is 5.78 Å². The topological polar surface area (TPSA) is 75.7 Å². The Morgan fingerprint density at radius 3 is 2.60 bits per heavy atom. The maximum absolute atomic E-state index is 12.4. The van der Waals surface area contributed by atoms with E-state index in [1.165, 1.54) is 19.8 Å². The van der Waals surface area contributed by atoms with Crippen LogP contribution >= 0.6 is 0 Å². The Morgan fingerprint density at radius 1 is 1.24 bits per heavy atom. The molecule has 0 aromatic heterocycles. The molecular weight excluding hydrogens is 320 g/mol. The van der Waals surface area contributed by atoms with Crippen LogP contribution in [0.4, 0.5) is 5.69 Å². The van der Waals surface area contributed by atoms with Crippen molar-refractivity contribution in [1.29, 1.82) is 0 Å². The second-order valence-corrected chi connectivity index (χ2v) is 6.38. The first-order chi connectivity index (χ1) is 12.0. The molecule has 1 aliphatic carbocycles. The zero-order valence-corrected chi connectivity index (χ0v) is 14.9. The number of anilines is 1. The number of Topliss-reactive ketones (excluding diaryl/α,β-unsaturated/α-hetero) is 1. The van der Waals surface area contributed by atoms with Crippen molar-refractivity contribution in [3.63, 3.8) is 0 Å². The van der Waals surface area contributed by atoms with Crippen molar-refractivity contribution in [3.8, 4) is 0 Å². The second-order valence-electron chi connectivity index (χ2n) is 6.38. The minimum Gasteiger partial charge on any atom is -0.466 e. The Morgan fingerprint density at radius 2 is 1.96 bits per heavy atom. The van der Waals surface area contributed by atoms with E-state index < -0.39 is 0 Å². The van der Waals surface area contributed by atoms with Crippen LogP contribution in [0.1, 0.15) is 43.5 Å². The highest BCUT2D eigenvalue weighted by Crippen LogP contribution is 2.29. The number of carbonyl (C=O) groups is 3. The third kappa shape index (κ3) is 6.66. The quantitative estimate of drug-likeness (QED) is 0.520. The van der Waals surface area contributed by atoms with Crippen LogP contribution in [0.25, 0.3) is 0 Å². The Hall–Kier alpha value is -2.21. The number of para-hydroxylation sites is 1. The van der Waals surface area contributed by atoms with Crippen molar-refractivity contribution >= 4 is 23.3 Å². The van der Waals surface area contributed by atoms with Gasteiger partial charge in [0, 0.05) is 18.7 Å². The fourth-order valence-electron chi connectivity index (χ4n) is 2.67. The van der Waals surface area contributed by atoms with Crippen molar-refractivity contribution in [2.75, 3.05) is 31.6 Å². The van der Waals surface area contributed by atoms with E-state index in [1.807, 2.05) is 4.90 Å². The van der Waals surface area contributed by atoms with E-state index in [2.05, 4.69) is 5.32 Å². The van der Waals surface area contributed by atoms with Crippen molar-refractivity contribution in [2.45, 2.75) is 33.1 Å². The molecule has 0 saturated heterocycles. The van der Waals surface area contributed by atoms with Gasteiger partial charge in [0.1, 0.15) is 0 Å². The largest absolute Gasteiger partial charge is 0.466 e. The lowest BCUT2D eigenvalue weighted by Gasteiger charge is -2.21. The van der Waals surface area contributed by atoms with Crippen molar-refractivity contribution in [2.24, 2.45) is 5.92 Å². The molecule has 1 aliphatic rings. The highest BCUT2D eigenvalue weighted by Gasteiger charge is 2.25. The van der Waals surface area contributed by atoms with E-state index in [4.69, 9.17) is 4.74 Å². The molecule has 0 heterocycles. The van der Waals surface area contributed by atoms with Crippen LogP contribution in [-0.2, 0) is 14.3 Å².